The molecule has 0 amide bonds. The smallest absolute Gasteiger partial charge is 0.305 e. The van der Waals surface area contributed by atoms with Gasteiger partial charge in [-0.25, -0.2) is 0 Å². The molecule has 0 aliphatic carbocycles. The Labute approximate surface area is 190 Å². The van der Waals surface area contributed by atoms with Crippen LogP contribution in [0.4, 0.5) is 0 Å². The molecule has 1 aliphatic heterocycles. The molecular weight excluding hydrogens is 438 g/mol. The fourth-order valence-electron chi connectivity index (χ4n) is 3.17. The van der Waals surface area contributed by atoms with Crippen molar-refractivity contribution in [2.24, 2.45) is 4.99 Å². The van der Waals surface area contributed by atoms with Crippen LogP contribution in [0.5, 0.6) is 5.75 Å². The number of ether oxygens (including phenoxy) is 6. The van der Waals surface area contributed by atoms with Crippen molar-refractivity contribution in [3.05, 3.63) is 29.8 Å². The van der Waals surface area contributed by atoms with Gasteiger partial charge in [-0.1, -0.05) is 0 Å². The summed E-state index contributed by atoms with van der Waals surface area (Å²) in [7, 11) is 1.54. The van der Waals surface area contributed by atoms with Crippen molar-refractivity contribution in [1.82, 2.24) is 0 Å². The Morgan fingerprint density at radius 3 is 1.97 bits per heavy atom. The molecule has 180 valence electrons. The third-order valence-corrected chi connectivity index (χ3v) is 4.46. The van der Waals surface area contributed by atoms with Crippen LogP contribution in [0.3, 0.4) is 0 Å². The predicted octanol–water partition coefficient (Wildman–Crippen LogP) is 1.20. The summed E-state index contributed by atoms with van der Waals surface area (Å²) in [6.45, 7) is 4.37. The molecule has 1 saturated heterocycles. The average molecular weight is 465 g/mol. The Morgan fingerprint density at radius 1 is 0.879 bits per heavy atom. The minimum Gasteiger partial charge on any atom is -0.497 e. The molecule has 1 aromatic carbocycles. The van der Waals surface area contributed by atoms with E-state index in [1.165, 1.54) is 41.0 Å². The number of hydrogen-bond acceptors (Lipinski definition) is 11. The molecule has 1 aromatic rings. The fraction of sp³-hybridized carbons (Fsp3) is 0.500. The van der Waals surface area contributed by atoms with Gasteiger partial charge in [-0.05, 0) is 29.8 Å². The molecule has 0 spiro atoms. The van der Waals surface area contributed by atoms with Crippen molar-refractivity contribution < 1.29 is 47.6 Å². The molecular formula is C22H27NO10. The molecule has 2 rings (SSSR count). The minimum absolute atomic E-state index is 0.336. The molecule has 0 aromatic heterocycles. The maximum atomic E-state index is 11.9. The second kappa shape index (κ2) is 12.0. The predicted molar refractivity (Wildman–Crippen MR) is 113 cm³/mol. The summed E-state index contributed by atoms with van der Waals surface area (Å²) in [5.74, 6) is -2.00. The Hall–Kier alpha value is -3.47. The molecule has 2 unspecified atom stereocenters. The summed E-state index contributed by atoms with van der Waals surface area (Å²) in [6, 6.07) is 5.84. The largest absolute Gasteiger partial charge is 0.497 e. The van der Waals surface area contributed by atoms with E-state index in [-0.39, 0.29) is 6.61 Å². The van der Waals surface area contributed by atoms with Gasteiger partial charge in [0.05, 0.1) is 7.11 Å². The van der Waals surface area contributed by atoms with Crippen LogP contribution in [-0.2, 0) is 42.9 Å². The lowest BCUT2D eigenvalue weighted by molar-refractivity contribution is -0.266. The lowest BCUT2D eigenvalue weighted by atomic mass is 9.96. The topological polar surface area (TPSA) is 136 Å². The van der Waals surface area contributed by atoms with Crippen LogP contribution in [0.1, 0.15) is 33.3 Å². The molecule has 0 N–H and O–H groups in total. The third kappa shape index (κ3) is 7.86. The monoisotopic (exact) mass is 465 g/mol. The molecule has 0 saturated carbocycles. The second-order valence-electron chi connectivity index (χ2n) is 7.14. The summed E-state index contributed by atoms with van der Waals surface area (Å²) in [6.07, 6.45) is -3.31. The Bertz CT molecular complexity index is 882. The maximum absolute atomic E-state index is 11.9. The highest BCUT2D eigenvalue weighted by molar-refractivity contribution is 5.80. The number of methoxy groups -OCH3 is 1. The van der Waals surface area contributed by atoms with Crippen LogP contribution in [0.25, 0.3) is 0 Å². The highest BCUT2D eigenvalue weighted by Crippen LogP contribution is 2.30. The summed E-state index contributed by atoms with van der Waals surface area (Å²) in [5.41, 5.74) is 0.671. The van der Waals surface area contributed by atoms with E-state index in [4.69, 9.17) is 28.4 Å². The van der Waals surface area contributed by atoms with E-state index in [1.807, 2.05) is 0 Å². The molecule has 0 bridgehead atoms. The normalized spacial score (nSPS) is 24.6. The number of hydrogen-bond donors (Lipinski definition) is 0. The molecule has 1 fully saturated rings. The minimum atomic E-state index is -1.31. The zero-order valence-corrected chi connectivity index (χ0v) is 19.0. The van der Waals surface area contributed by atoms with Crippen molar-refractivity contribution in [1.29, 1.82) is 0 Å². The van der Waals surface area contributed by atoms with Gasteiger partial charge in [-0.3, -0.25) is 24.2 Å². The van der Waals surface area contributed by atoms with Gasteiger partial charge in [0.15, 0.2) is 18.2 Å². The number of carbonyl (C=O) groups is 4. The van der Waals surface area contributed by atoms with E-state index in [0.29, 0.717) is 11.3 Å². The lowest BCUT2D eigenvalue weighted by Crippen LogP contribution is -2.61. The average Bonchev–Trinajstić information content (AvgIpc) is 2.73. The lowest BCUT2D eigenvalue weighted by Gasteiger charge is -2.42. The van der Waals surface area contributed by atoms with Crippen molar-refractivity contribution in [2.45, 2.75) is 58.3 Å². The van der Waals surface area contributed by atoms with Gasteiger partial charge >= 0.3 is 23.9 Å². The van der Waals surface area contributed by atoms with E-state index >= 15 is 0 Å². The summed E-state index contributed by atoms with van der Waals surface area (Å²) in [4.78, 5) is 51.1. The highest BCUT2D eigenvalue weighted by atomic mass is 16.7. The second-order valence-corrected chi connectivity index (χ2v) is 7.14. The molecule has 0 radical (unpaired) electrons. The van der Waals surface area contributed by atoms with Crippen LogP contribution in [-0.4, -0.2) is 74.5 Å². The molecule has 11 heteroatoms. The van der Waals surface area contributed by atoms with Crippen LogP contribution in [0.2, 0.25) is 0 Å². The van der Waals surface area contributed by atoms with Crippen molar-refractivity contribution in [2.75, 3.05) is 13.7 Å². The third-order valence-electron chi connectivity index (χ3n) is 4.46. The fourth-order valence-corrected chi connectivity index (χ4v) is 3.17. The Balaban J connectivity index is 2.45. The molecule has 11 nitrogen and oxygen atoms in total. The standard InChI is InChI=1S/C22H27NO10/c1-12(24)29-11-18-20(30-13(2)25)21(31-14(3)26)19(22(33-18)32-15(4)27)23-10-16-6-8-17(28-5)9-7-16/h6-10,18-22H,11H2,1-5H3/t18?,19?,20-,21+,22+/m1/s1. The van der Waals surface area contributed by atoms with Crippen LogP contribution < -0.4 is 4.74 Å². The zero-order chi connectivity index (χ0) is 24.5. The Kier molecular flexibility index (Phi) is 9.34. The van der Waals surface area contributed by atoms with Gasteiger partial charge in [0.2, 0.25) is 6.29 Å². The van der Waals surface area contributed by atoms with Crippen LogP contribution >= 0.6 is 0 Å². The van der Waals surface area contributed by atoms with Gasteiger partial charge in [0.25, 0.3) is 0 Å². The molecule has 1 aliphatic rings. The first-order chi connectivity index (χ1) is 15.6. The number of carbonyl (C=O) groups excluding carboxylic acids is 4. The van der Waals surface area contributed by atoms with Gasteiger partial charge in [0.1, 0.15) is 18.5 Å². The van der Waals surface area contributed by atoms with E-state index < -0.39 is 54.5 Å². The number of rotatable bonds is 8. The molecule has 1 heterocycles. The maximum Gasteiger partial charge on any atom is 0.305 e. The van der Waals surface area contributed by atoms with Crippen molar-refractivity contribution in [3.63, 3.8) is 0 Å². The van der Waals surface area contributed by atoms with E-state index in [9.17, 15) is 19.2 Å². The first-order valence-electron chi connectivity index (χ1n) is 10.1. The zero-order valence-electron chi connectivity index (χ0n) is 19.0. The van der Waals surface area contributed by atoms with Gasteiger partial charge in [-0.15, -0.1) is 0 Å². The van der Waals surface area contributed by atoms with Crippen molar-refractivity contribution in [3.8, 4) is 5.75 Å². The van der Waals surface area contributed by atoms with E-state index in [1.54, 1.807) is 24.3 Å². The quantitative estimate of drug-likeness (QED) is 0.313. The van der Waals surface area contributed by atoms with E-state index in [2.05, 4.69) is 4.99 Å². The molecule has 5 atom stereocenters. The number of aliphatic imine (C=N–C) groups is 1. The number of esters is 4. The van der Waals surface area contributed by atoms with Crippen LogP contribution in [0, 0.1) is 0 Å². The van der Waals surface area contributed by atoms with Gasteiger partial charge in [-0.2, -0.15) is 0 Å². The number of benzene rings is 1. The Morgan fingerprint density at radius 2 is 1.45 bits per heavy atom. The van der Waals surface area contributed by atoms with Gasteiger partial charge < -0.3 is 28.4 Å². The SMILES string of the molecule is COc1ccc(C=NC2[C@@H](OC(C)=O)OC(COC(C)=O)[C@@H](OC(C)=O)[C@H]2OC(C)=O)cc1. The van der Waals surface area contributed by atoms with E-state index in [0.717, 1.165) is 0 Å². The first kappa shape index (κ1) is 25.8. The summed E-state index contributed by atoms with van der Waals surface area (Å²) < 4.78 is 32.0. The highest BCUT2D eigenvalue weighted by Gasteiger charge is 2.51. The van der Waals surface area contributed by atoms with Gasteiger partial charge in [0, 0.05) is 33.9 Å². The van der Waals surface area contributed by atoms with Crippen molar-refractivity contribution >= 4 is 30.1 Å². The summed E-state index contributed by atoms with van der Waals surface area (Å²) in [5, 5.41) is 0. The first-order valence-corrected chi connectivity index (χ1v) is 10.1. The van der Waals surface area contributed by atoms with Crippen LogP contribution in [0.15, 0.2) is 29.3 Å². The number of nitrogens with zero attached hydrogens (tertiary/aromatic N) is 1. The molecule has 33 heavy (non-hydrogen) atoms. The summed E-state index contributed by atoms with van der Waals surface area (Å²) >= 11 is 0.